The molecule has 0 radical (unpaired) electrons. The smallest absolute Gasteiger partial charge is 0.309 e. The Morgan fingerprint density at radius 2 is 2.10 bits per heavy atom. The normalized spacial score (nSPS) is 21.8. The fraction of sp³-hybridized carbons (Fsp3) is 0.588. The molecule has 1 fully saturated rings. The number of esters is 1. The Morgan fingerprint density at radius 1 is 1.33 bits per heavy atom. The van der Waals surface area contributed by atoms with Gasteiger partial charge in [-0.25, -0.2) is 0 Å². The number of carbonyl (C=O) groups excluding carboxylic acids is 1. The minimum atomic E-state index is -0.0290. The summed E-state index contributed by atoms with van der Waals surface area (Å²) in [5.41, 5.74) is 1.28. The Morgan fingerprint density at radius 3 is 2.76 bits per heavy atom. The first-order chi connectivity index (χ1) is 10.2. The van der Waals surface area contributed by atoms with Crippen molar-refractivity contribution in [3.63, 3.8) is 0 Å². The Hall–Kier alpha value is -1.55. The van der Waals surface area contributed by atoms with Gasteiger partial charge in [0, 0.05) is 0 Å². The highest BCUT2D eigenvalue weighted by Crippen LogP contribution is 2.25. The van der Waals surface area contributed by atoms with Gasteiger partial charge in [0.25, 0.3) is 0 Å². The van der Waals surface area contributed by atoms with Gasteiger partial charge in [0.15, 0.2) is 0 Å². The number of hydrogen-bond acceptors (Lipinski definition) is 4. The zero-order valence-corrected chi connectivity index (χ0v) is 12.9. The van der Waals surface area contributed by atoms with Gasteiger partial charge in [-0.15, -0.1) is 0 Å². The molecule has 0 spiro atoms. The largest absolute Gasteiger partial charge is 0.497 e. The van der Waals surface area contributed by atoms with Gasteiger partial charge in [-0.1, -0.05) is 12.1 Å². The van der Waals surface area contributed by atoms with Crippen molar-refractivity contribution in [3.8, 4) is 5.75 Å². The molecular weight excluding hydrogens is 266 g/mol. The maximum Gasteiger partial charge on any atom is 0.309 e. The summed E-state index contributed by atoms with van der Waals surface area (Å²) in [4.78, 5) is 12.0. The van der Waals surface area contributed by atoms with E-state index in [4.69, 9.17) is 9.47 Å². The standard InChI is InChI=1S/C17H25NO3/c1-3-21-17(19)16-10-11-18-12-14(16)7-4-13-5-8-15(20-2)9-6-13/h5-6,8-9,14,16,18H,3-4,7,10-12H2,1-2H3/t14-,16?/m1/s1. The van der Waals surface area contributed by atoms with E-state index in [0.29, 0.717) is 12.5 Å². The van der Waals surface area contributed by atoms with Gasteiger partial charge < -0.3 is 14.8 Å². The molecule has 1 aliphatic rings. The molecule has 4 heteroatoms. The predicted octanol–water partition coefficient (Wildman–Crippen LogP) is 2.42. The number of piperidine rings is 1. The number of aryl methyl sites for hydroxylation is 1. The number of carbonyl (C=O) groups is 1. The summed E-state index contributed by atoms with van der Waals surface area (Å²) in [5.74, 6) is 1.26. The van der Waals surface area contributed by atoms with Crippen LogP contribution in [0.1, 0.15) is 25.3 Å². The first kappa shape index (κ1) is 15.8. The molecule has 116 valence electrons. The van der Waals surface area contributed by atoms with E-state index in [1.165, 1.54) is 5.56 Å². The summed E-state index contributed by atoms with van der Waals surface area (Å²) in [5, 5.41) is 3.39. The van der Waals surface area contributed by atoms with Gasteiger partial charge >= 0.3 is 5.97 Å². The molecule has 1 aliphatic heterocycles. The highest BCUT2D eigenvalue weighted by molar-refractivity contribution is 5.73. The maximum atomic E-state index is 12.0. The first-order valence-electron chi connectivity index (χ1n) is 7.75. The molecule has 0 aromatic heterocycles. The van der Waals surface area contributed by atoms with Crippen LogP contribution in [0, 0.1) is 11.8 Å². The summed E-state index contributed by atoms with van der Waals surface area (Å²) in [7, 11) is 1.67. The second kappa shape index (κ2) is 8.03. The molecule has 0 aliphatic carbocycles. The Kier molecular flexibility index (Phi) is 6.05. The highest BCUT2D eigenvalue weighted by Gasteiger charge is 2.31. The molecule has 1 aromatic rings. The molecule has 0 amide bonds. The van der Waals surface area contributed by atoms with Crippen molar-refractivity contribution in [2.24, 2.45) is 11.8 Å². The maximum absolute atomic E-state index is 12.0. The van der Waals surface area contributed by atoms with E-state index >= 15 is 0 Å². The van der Waals surface area contributed by atoms with E-state index in [0.717, 1.165) is 38.1 Å². The van der Waals surface area contributed by atoms with Crippen LogP contribution >= 0.6 is 0 Å². The molecule has 1 N–H and O–H groups in total. The van der Waals surface area contributed by atoms with Gasteiger partial charge in [-0.3, -0.25) is 4.79 Å². The van der Waals surface area contributed by atoms with Gasteiger partial charge in [0.2, 0.25) is 0 Å². The lowest BCUT2D eigenvalue weighted by Gasteiger charge is -2.30. The number of ether oxygens (including phenoxy) is 2. The van der Waals surface area contributed by atoms with Gasteiger partial charge in [0.05, 0.1) is 19.6 Å². The molecule has 4 nitrogen and oxygen atoms in total. The summed E-state index contributed by atoms with van der Waals surface area (Å²) < 4.78 is 10.4. The van der Waals surface area contributed by atoms with E-state index < -0.39 is 0 Å². The van der Waals surface area contributed by atoms with Crippen LogP contribution in [0.4, 0.5) is 0 Å². The summed E-state index contributed by atoms with van der Waals surface area (Å²) >= 11 is 0. The highest BCUT2D eigenvalue weighted by atomic mass is 16.5. The third-order valence-electron chi connectivity index (χ3n) is 4.16. The van der Waals surface area contributed by atoms with E-state index in [2.05, 4.69) is 17.4 Å². The topological polar surface area (TPSA) is 47.6 Å². The molecule has 1 aromatic carbocycles. The first-order valence-corrected chi connectivity index (χ1v) is 7.75. The number of nitrogens with one attached hydrogen (secondary N) is 1. The van der Waals surface area contributed by atoms with Crippen LogP contribution in [0.2, 0.25) is 0 Å². The second-order valence-electron chi connectivity index (χ2n) is 5.50. The van der Waals surface area contributed by atoms with Crippen LogP contribution in [-0.4, -0.2) is 32.8 Å². The van der Waals surface area contributed by atoms with E-state index in [1.807, 2.05) is 19.1 Å². The van der Waals surface area contributed by atoms with Crippen molar-refractivity contribution in [1.29, 1.82) is 0 Å². The lowest BCUT2D eigenvalue weighted by atomic mass is 9.82. The van der Waals surface area contributed by atoms with Crippen LogP contribution in [-0.2, 0) is 16.0 Å². The van der Waals surface area contributed by atoms with Crippen molar-refractivity contribution in [2.45, 2.75) is 26.2 Å². The van der Waals surface area contributed by atoms with Crippen LogP contribution in [0.5, 0.6) is 5.75 Å². The third kappa shape index (κ3) is 4.46. The van der Waals surface area contributed by atoms with Crippen molar-refractivity contribution in [2.75, 3.05) is 26.8 Å². The van der Waals surface area contributed by atoms with E-state index in [-0.39, 0.29) is 11.9 Å². The Bertz CT molecular complexity index is 444. The van der Waals surface area contributed by atoms with Crippen LogP contribution in [0.15, 0.2) is 24.3 Å². The van der Waals surface area contributed by atoms with Crippen LogP contribution in [0.25, 0.3) is 0 Å². The van der Waals surface area contributed by atoms with Gasteiger partial charge in [-0.2, -0.15) is 0 Å². The number of methoxy groups -OCH3 is 1. The Balaban J connectivity index is 1.90. The summed E-state index contributed by atoms with van der Waals surface area (Å²) in [6.45, 7) is 4.14. The predicted molar refractivity (Wildman–Crippen MR) is 82.4 cm³/mol. The van der Waals surface area contributed by atoms with Crippen LogP contribution in [0.3, 0.4) is 0 Å². The number of benzene rings is 1. The van der Waals surface area contributed by atoms with Crippen molar-refractivity contribution in [1.82, 2.24) is 5.32 Å². The average molecular weight is 291 g/mol. The quantitative estimate of drug-likeness (QED) is 0.818. The molecule has 2 rings (SSSR count). The van der Waals surface area contributed by atoms with Gasteiger partial charge in [-0.05, 0) is 62.9 Å². The summed E-state index contributed by atoms with van der Waals surface area (Å²) in [6, 6.07) is 8.15. The fourth-order valence-electron chi connectivity index (χ4n) is 2.93. The van der Waals surface area contributed by atoms with E-state index in [9.17, 15) is 4.79 Å². The molecule has 21 heavy (non-hydrogen) atoms. The van der Waals surface area contributed by atoms with Gasteiger partial charge in [0.1, 0.15) is 5.75 Å². The molecule has 2 atom stereocenters. The average Bonchev–Trinajstić information content (AvgIpc) is 2.54. The van der Waals surface area contributed by atoms with E-state index in [1.54, 1.807) is 7.11 Å². The van der Waals surface area contributed by atoms with Crippen molar-refractivity contribution < 1.29 is 14.3 Å². The zero-order valence-electron chi connectivity index (χ0n) is 12.9. The molecule has 0 bridgehead atoms. The molecule has 1 unspecified atom stereocenters. The third-order valence-corrected chi connectivity index (χ3v) is 4.16. The lowest BCUT2D eigenvalue weighted by Crippen LogP contribution is -2.41. The summed E-state index contributed by atoms with van der Waals surface area (Å²) in [6.07, 6.45) is 2.86. The minimum Gasteiger partial charge on any atom is -0.497 e. The molecule has 1 heterocycles. The van der Waals surface area contributed by atoms with Crippen molar-refractivity contribution >= 4 is 5.97 Å². The van der Waals surface area contributed by atoms with Crippen molar-refractivity contribution in [3.05, 3.63) is 29.8 Å². The monoisotopic (exact) mass is 291 g/mol. The minimum absolute atomic E-state index is 0.0290. The SMILES string of the molecule is CCOC(=O)C1CCNC[C@H]1CCc1ccc(OC)cc1. The fourth-order valence-corrected chi connectivity index (χ4v) is 2.93. The molecule has 1 saturated heterocycles. The molecular formula is C17H25NO3. The number of hydrogen-bond donors (Lipinski definition) is 1. The zero-order chi connectivity index (χ0) is 15.1. The molecule has 0 saturated carbocycles. The lowest BCUT2D eigenvalue weighted by molar-refractivity contribution is -0.151. The second-order valence-corrected chi connectivity index (χ2v) is 5.50. The van der Waals surface area contributed by atoms with Crippen LogP contribution < -0.4 is 10.1 Å². The number of rotatable bonds is 6. The Labute approximate surface area is 126 Å².